The number of rotatable bonds is 5. The number of hydrogen-bond donors (Lipinski definition) is 1. The molecule has 0 unspecified atom stereocenters. The Morgan fingerprint density at radius 2 is 2.04 bits per heavy atom. The number of fused-ring (bicyclic) bond motifs is 1. The molecule has 2 aromatic heterocycles. The highest BCUT2D eigenvalue weighted by molar-refractivity contribution is 9.10. The molecule has 0 spiro atoms. The lowest BCUT2D eigenvalue weighted by Gasteiger charge is -2.14. The Hall–Kier alpha value is -1.97. The summed E-state index contributed by atoms with van der Waals surface area (Å²) in [5, 5.41) is -0.162. The number of benzene rings is 1. The van der Waals surface area contributed by atoms with Crippen molar-refractivity contribution >= 4 is 39.2 Å². The highest BCUT2D eigenvalue weighted by Gasteiger charge is 2.20. The summed E-state index contributed by atoms with van der Waals surface area (Å²) in [7, 11) is 1.52. The molecule has 9 heteroatoms. The minimum atomic E-state index is -2.83. The third-order valence-corrected chi connectivity index (χ3v) is 4.72. The van der Waals surface area contributed by atoms with Crippen LogP contribution < -0.4 is 5.56 Å². The summed E-state index contributed by atoms with van der Waals surface area (Å²) in [6, 6.07) is 8.34. The largest absolute Gasteiger partial charge is 0.383 e. The molecule has 0 atom stereocenters. The quantitative estimate of drug-likeness (QED) is 0.593. The van der Waals surface area contributed by atoms with Crippen LogP contribution in [0.4, 0.5) is 8.78 Å². The van der Waals surface area contributed by atoms with Crippen LogP contribution in [0.5, 0.6) is 0 Å². The number of halogens is 3. The van der Waals surface area contributed by atoms with E-state index in [1.54, 1.807) is 24.3 Å². The van der Waals surface area contributed by atoms with Gasteiger partial charge in [0.1, 0.15) is 5.65 Å². The molecule has 0 bridgehead atoms. The topological polar surface area (TPSA) is 59.9 Å². The Labute approximate surface area is 160 Å². The number of aromatic nitrogens is 3. The molecule has 0 fully saturated rings. The smallest absolute Gasteiger partial charge is 0.264 e. The van der Waals surface area contributed by atoms with Crippen LogP contribution >= 0.6 is 28.1 Å². The van der Waals surface area contributed by atoms with Crippen LogP contribution in [0.2, 0.25) is 0 Å². The predicted molar refractivity (Wildman–Crippen MR) is 101 cm³/mol. The van der Waals surface area contributed by atoms with Gasteiger partial charge in [-0.25, -0.2) is 13.8 Å². The maximum atomic E-state index is 13.7. The lowest BCUT2D eigenvalue weighted by molar-refractivity contribution is 0.153. The number of hydrogen-bond acceptors (Lipinski definition) is 4. The van der Waals surface area contributed by atoms with Crippen molar-refractivity contribution < 1.29 is 13.5 Å². The molecule has 2 heterocycles. The number of nitrogens with one attached hydrogen (secondary N) is 1. The second kappa shape index (κ2) is 7.73. The standard InChI is InChI=1S/C17H14BrF2N3O2S/c1-25-7-6-23-15-13(16(24)22-17(23)26)11(14(19)20)8-12(21-15)9-2-4-10(18)5-3-9/h2-5,8,14H,6-7H2,1H3,(H,22,24,26). The Kier molecular flexibility index (Phi) is 5.59. The monoisotopic (exact) mass is 441 g/mol. The molecule has 0 aliphatic rings. The van der Waals surface area contributed by atoms with Crippen molar-refractivity contribution in [2.75, 3.05) is 13.7 Å². The van der Waals surface area contributed by atoms with E-state index in [0.717, 1.165) is 4.47 Å². The number of methoxy groups -OCH3 is 1. The molecule has 0 aliphatic carbocycles. The Bertz CT molecular complexity index is 1060. The highest BCUT2D eigenvalue weighted by atomic mass is 79.9. The van der Waals surface area contributed by atoms with Crippen LogP contribution in [0.15, 0.2) is 39.6 Å². The van der Waals surface area contributed by atoms with Crippen molar-refractivity contribution in [3.63, 3.8) is 0 Å². The van der Waals surface area contributed by atoms with E-state index in [2.05, 4.69) is 25.9 Å². The Morgan fingerprint density at radius 1 is 1.35 bits per heavy atom. The summed E-state index contributed by atoms with van der Waals surface area (Å²) in [5.41, 5.74) is 0.0543. The van der Waals surface area contributed by atoms with E-state index in [9.17, 15) is 13.6 Å². The van der Waals surface area contributed by atoms with E-state index in [4.69, 9.17) is 17.0 Å². The zero-order valence-corrected chi connectivity index (χ0v) is 16.0. The molecule has 136 valence electrons. The van der Waals surface area contributed by atoms with E-state index in [1.165, 1.54) is 17.7 Å². The zero-order chi connectivity index (χ0) is 18.8. The second-order valence-electron chi connectivity index (χ2n) is 5.51. The van der Waals surface area contributed by atoms with Gasteiger partial charge in [0.05, 0.1) is 24.2 Å². The fraction of sp³-hybridized carbons (Fsp3) is 0.235. The van der Waals surface area contributed by atoms with Gasteiger partial charge >= 0.3 is 0 Å². The average Bonchev–Trinajstić information content (AvgIpc) is 2.61. The Balaban J connectivity index is 2.37. The fourth-order valence-corrected chi connectivity index (χ4v) is 3.17. The van der Waals surface area contributed by atoms with Crippen molar-refractivity contribution in [1.82, 2.24) is 14.5 Å². The first-order chi connectivity index (χ1) is 12.4. The normalized spacial score (nSPS) is 11.4. The van der Waals surface area contributed by atoms with Crippen molar-refractivity contribution in [3.8, 4) is 11.3 Å². The molecule has 3 rings (SSSR count). The molecule has 1 aromatic carbocycles. The van der Waals surface area contributed by atoms with E-state index < -0.39 is 12.0 Å². The van der Waals surface area contributed by atoms with Gasteiger partial charge in [-0.2, -0.15) is 0 Å². The van der Waals surface area contributed by atoms with Gasteiger partial charge in [-0.15, -0.1) is 0 Å². The molecule has 0 aliphatic heterocycles. The SMILES string of the molecule is COCCn1c(=S)[nH]c(=O)c2c(C(F)F)cc(-c3ccc(Br)cc3)nc21. The lowest BCUT2D eigenvalue weighted by Crippen LogP contribution is -2.19. The minimum absolute atomic E-state index is 0.111. The van der Waals surface area contributed by atoms with Crippen LogP contribution in [0.3, 0.4) is 0 Å². The van der Waals surface area contributed by atoms with Crippen molar-refractivity contribution in [2.45, 2.75) is 13.0 Å². The molecule has 3 aromatic rings. The third kappa shape index (κ3) is 3.60. The molecule has 0 radical (unpaired) electrons. The molecule has 0 saturated heterocycles. The number of alkyl halides is 2. The van der Waals surface area contributed by atoms with Gasteiger partial charge in [0, 0.05) is 22.7 Å². The molecule has 0 saturated carbocycles. The first-order valence-electron chi connectivity index (χ1n) is 7.63. The molecule has 1 N–H and O–H groups in total. The summed E-state index contributed by atoms with van der Waals surface area (Å²) < 4.78 is 34.9. The molecular weight excluding hydrogens is 428 g/mol. The van der Waals surface area contributed by atoms with Gasteiger partial charge in [-0.1, -0.05) is 28.1 Å². The summed E-state index contributed by atoms with van der Waals surface area (Å²) in [6.45, 7) is 0.575. The summed E-state index contributed by atoms with van der Waals surface area (Å²) >= 11 is 8.52. The van der Waals surface area contributed by atoms with Crippen molar-refractivity contribution in [1.29, 1.82) is 0 Å². The number of ether oxygens (including phenoxy) is 1. The van der Waals surface area contributed by atoms with Crippen LogP contribution in [-0.2, 0) is 11.3 Å². The average molecular weight is 442 g/mol. The fourth-order valence-electron chi connectivity index (χ4n) is 2.63. The molecule has 0 amide bonds. The van der Waals surface area contributed by atoms with E-state index in [0.29, 0.717) is 17.9 Å². The second-order valence-corrected chi connectivity index (χ2v) is 6.81. The van der Waals surface area contributed by atoms with Crippen LogP contribution in [0, 0.1) is 4.77 Å². The minimum Gasteiger partial charge on any atom is -0.383 e. The van der Waals surface area contributed by atoms with E-state index >= 15 is 0 Å². The summed E-state index contributed by atoms with van der Waals surface area (Å²) in [6.07, 6.45) is -2.83. The third-order valence-electron chi connectivity index (χ3n) is 3.87. The Morgan fingerprint density at radius 3 is 2.65 bits per heavy atom. The van der Waals surface area contributed by atoms with Gasteiger partial charge in [0.2, 0.25) is 0 Å². The van der Waals surface area contributed by atoms with Crippen LogP contribution in [-0.4, -0.2) is 28.3 Å². The van der Waals surface area contributed by atoms with Gasteiger partial charge < -0.3 is 9.30 Å². The van der Waals surface area contributed by atoms with Crippen LogP contribution in [0.1, 0.15) is 12.0 Å². The van der Waals surface area contributed by atoms with Crippen LogP contribution in [0.25, 0.3) is 22.3 Å². The van der Waals surface area contributed by atoms with Crippen molar-refractivity contribution in [3.05, 3.63) is 55.5 Å². The van der Waals surface area contributed by atoms with Gasteiger partial charge in [0.25, 0.3) is 12.0 Å². The van der Waals surface area contributed by atoms with Crippen molar-refractivity contribution in [2.24, 2.45) is 0 Å². The molecule has 26 heavy (non-hydrogen) atoms. The first kappa shape index (κ1) is 18.8. The lowest BCUT2D eigenvalue weighted by atomic mass is 10.1. The number of H-pyrrole nitrogens is 1. The van der Waals surface area contributed by atoms with E-state index in [-0.39, 0.29) is 27.9 Å². The summed E-state index contributed by atoms with van der Waals surface area (Å²) in [4.78, 5) is 19.2. The maximum Gasteiger partial charge on any atom is 0.264 e. The number of nitrogens with zero attached hydrogens (tertiary/aromatic N) is 2. The molecular formula is C17H14BrF2N3O2S. The van der Waals surface area contributed by atoms with Gasteiger partial charge in [0.15, 0.2) is 4.77 Å². The maximum absolute atomic E-state index is 13.7. The van der Waals surface area contributed by atoms with E-state index in [1.807, 2.05) is 0 Å². The number of pyridine rings is 1. The number of aromatic amines is 1. The summed E-state index contributed by atoms with van der Waals surface area (Å²) in [5.74, 6) is 0. The zero-order valence-electron chi connectivity index (χ0n) is 13.6. The van der Waals surface area contributed by atoms with Gasteiger partial charge in [-0.3, -0.25) is 9.78 Å². The van der Waals surface area contributed by atoms with Gasteiger partial charge in [-0.05, 0) is 30.4 Å². The first-order valence-corrected chi connectivity index (χ1v) is 8.83. The highest BCUT2D eigenvalue weighted by Crippen LogP contribution is 2.30. The molecule has 5 nitrogen and oxygen atoms in total. The predicted octanol–water partition coefficient (Wildman–Crippen LogP) is 4.47.